The summed E-state index contributed by atoms with van der Waals surface area (Å²) in [5.41, 5.74) is 8.69. The highest BCUT2D eigenvalue weighted by Crippen LogP contribution is 2.29. The lowest BCUT2D eigenvalue weighted by Crippen LogP contribution is -2.42. The fraction of sp³-hybridized carbons (Fsp3) is 0.429. The van der Waals surface area contributed by atoms with E-state index >= 15 is 0 Å². The maximum Gasteiger partial charge on any atom is 0.242 e. The number of amides is 1. The summed E-state index contributed by atoms with van der Waals surface area (Å²) in [6.45, 7) is 2.93. The molecule has 1 fully saturated rings. The van der Waals surface area contributed by atoms with Gasteiger partial charge in [-0.25, -0.2) is 0 Å². The van der Waals surface area contributed by atoms with Crippen molar-refractivity contribution < 1.29 is 4.79 Å². The number of carbonyl (C=O) groups is 1. The van der Waals surface area contributed by atoms with Crippen LogP contribution in [-0.4, -0.2) is 30.5 Å². The number of hydrogen-bond acceptors (Lipinski definition) is 3. The molecule has 19 heavy (non-hydrogen) atoms. The summed E-state index contributed by atoms with van der Waals surface area (Å²) in [5.74, 6) is 0.0790. The molecule has 3 N–H and O–H groups in total. The molecule has 1 amide bonds. The molecule has 5 heteroatoms. The molecule has 0 spiro atoms. The molecule has 0 aromatic heterocycles. The summed E-state index contributed by atoms with van der Waals surface area (Å²) in [6.07, 6.45) is 1.94. The number of likely N-dealkylation sites (N-methyl/N-ethyl adjacent to an activating group) is 1. The van der Waals surface area contributed by atoms with E-state index in [0.717, 1.165) is 36.2 Å². The number of benzene rings is 1. The number of nitrogens with two attached hydrogens (primary N) is 1. The molecule has 4 nitrogen and oxygen atoms in total. The molecule has 0 aliphatic carbocycles. The Balaban J connectivity index is 2.31. The van der Waals surface area contributed by atoms with Gasteiger partial charge in [-0.05, 0) is 43.5 Å². The van der Waals surface area contributed by atoms with Gasteiger partial charge in [0.05, 0.1) is 0 Å². The minimum absolute atomic E-state index is 0.0700. The SMILES string of the molecule is CNC(=O)C1CCCN1c1ccc(C(N)=S)cc1C. The summed E-state index contributed by atoms with van der Waals surface area (Å²) in [6, 6.07) is 5.84. The fourth-order valence-corrected chi connectivity index (χ4v) is 2.75. The van der Waals surface area contributed by atoms with Crippen LogP contribution in [0.25, 0.3) is 0 Å². The van der Waals surface area contributed by atoms with Crippen molar-refractivity contribution in [3.05, 3.63) is 29.3 Å². The second kappa shape index (κ2) is 5.57. The first-order valence-electron chi connectivity index (χ1n) is 6.43. The van der Waals surface area contributed by atoms with Crippen LogP contribution < -0.4 is 16.0 Å². The number of rotatable bonds is 3. The predicted molar refractivity (Wildman–Crippen MR) is 81.5 cm³/mol. The molecule has 0 radical (unpaired) electrons. The van der Waals surface area contributed by atoms with Crippen molar-refractivity contribution in [2.75, 3.05) is 18.5 Å². The molecule has 1 unspecified atom stereocenters. The topological polar surface area (TPSA) is 58.4 Å². The van der Waals surface area contributed by atoms with Crippen LogP contribution >= 0.6 is 12.2 Å². The average Bonchev–Trinajstić information content (AvgIpc) is 2.86. The van der Waals surface area contributed by atoms with Gasteiger partial charge in [0.15, 0.2) is 0 Å². The first kappa shape index (κ1) is 13.8. The normalized spacial score (nSPS) is 18.4. The van der Waals surface area contributed by atoms with E-state index in [4.69, 9.17) is 18.0 Å². The van der Waals surface area contributed by atoms with Gasteiger partial charge >= 0.3 is 0 Å². The van der Waals surface area contributed by atoms with Crippen molar-refractivity contribution in [1.82, 2.24) is 5.32 Å². The van der Waals surface area contributed by atoms with Crippen molar-refractivity contribution in [2.45, 2.75) is 25.8 Å². The standard InChI is InChI=1S/C14H19N3OS/c1-9-8-10(13(15)19)5-6-11(9)17-7-3-4-12(17)14(18)16-2/h5-6,8,12H,3-4,7H2,1-2H3,(H2,15,19)(H,16,18). The predicted octanol–water partition coefficient (Wildman–Crippen LogP) is 1.34. The van der Waals surface area contributed by atoms with Gasteiger partial charge in [-0.1, -0.05) is 12.2 Å². The van der Waals surface area contributed by atoms with Gasteiger partial charge in [0.25, 0.3) is 0 Å². The van der Waals surface area contributed by atoms with Crippen molar-refractivity contribution in [2.24, 2.45) is 5.73 Å². The third kappa shape index (κ3) is 2.71. The fourth-order valence-electron chi connectivity index (χ4n) is 2.63. The monoisotopic (exact) mass is 277 g/mol. The maximum atomic E-state index is 11.9. The second-order valence-electron chi connectivity index (χ2n) is 4.83. The van der Waals surface area contributed by atoms with Crippen LogP contribution in [0, 0.1) is 6.92 Å². The summed E-state index contributed by atoms with van der Waals surface area (Å²) in [5, 5.41) is 2.73. The average molecular weight is 277 g/mol. The van der Waals surface area contributed by atoms with Crippen LogP contribution in [0.1, 0.15) is 24.0 Å². The maximum absolute atomic E-state index is 11.9. The number of nitrogens with zero attached hydrogens (tertiary/aromatic N) is 1. The number of hydrogen-bond donors (Lipinski definition) is 2. The van der Waals surface area contributed by atoms with Crippen molar-refractivity contribution >= 4 is 28.8 Å². The summed E-state index contributed by atoms with van der Waals surface area (Å²) in [4.78, 5) is 14.5. The van der Waals surface area contributed by atoms with E-state index in [1.165, 1.54) is 0 Å². The zero-order valence-electron chi connectivity index (χ0n) is 11.3. The van der Waals surface area contributed by atoms with E-state index < -0.39 is 0 Å². The Bertz CT molecular complexity index is 515. The zero-order chi connectivity index (χ0) is 14.0. The molecule has 102 valence electrons. The Labute approximate surface area is 119 Å². The number of aryl methyl sites for hydroxylation is 1. The minimum atomic E-state index is -0.0700. The molecule has 1 heterocycles. The first-order valence-corrected chi connectivity index (χ1v) is 6.84. The molecular weight excluding hydrogens is 258 g/mol. The van der Waals surface area contributed by atoms with E-state index in [-0.39, 0.29) is 11.9 Å². The quantitative estimate of drug-likeness (QED) is 0.819. The number of nitrogens with one attached hydrogen (secondary N) is 1. The molecule has 1 aliphatic heterocycles. The molecule has 1 aromatic carbocycles. The highest BCUT2D eigenvalue weighted by molar-refractivity contribution is 7.80. The van der Waals surface area contributed by atoms with Crippen LogP contribution in [-0.2, 0) is 4.79 Å². The van der Waals surface area contributed by atoms with E-state index in [9.17, 15) is 4.79 Å². The van der Waals surface area contributed by atoms with E-state index in [1.807, 2.05) is 25.1 Å². The lowest BCUT2D eigenvalue weighted by Gasteiger charge is -2.27. The van der Waals surface area contributed by atoms with Crippen molar-refractivity contribution in [3.8, 4) is 0 Å². The van der Waals surface area contributed by atoms with Gasteiger partial charge in [-0.2, -0.15) is 0 Å². The van der Waals surface area contributed by atoms with Gasteiger partial charge in [-0.15, -0.1) is 0 Å². The van der Waals surface area contributed by atoms with Crippen LogP contribution in [0.2, 0.25) is 0 Å². The van der Waals surface area contributed by atoms with Crippen LogP contribution in [0.15, 0.2) is 18.2 Å². The van der Waals surface area contributed by atoms with Gasteiger partial charge in [0.2, 0.25) is 5.91 Å². The lowest BCUT2D eigenvalue weighted by molar-refractivity contribution is -0.121. The number of carbonyl (C=O) groups excluding carboxylic acids is 1. The highest BCUT2D eigenvalue weighted by Gasteiger charge is 2.30. The first-order chi connectivity index (χ1) is 9.04. The second-order valence-corrected chi connectivity index (χ2v) is 5.27. The molecule has 0 bridgehead atoms. The highest BCUT2D eigenvalue weighted by atomic mass is 32.1. The lowest BCUT2D eigenvalue weighted by atomic mass is 10.1. The molecule has 0 saturated carbocycles. The van der Waals surface area contributed by atoms with Crippen molar-refractivity contribution in [1.29, 1.82) is 0 Å². The molecule has 2 rings (SSSR count). The van der Waals surface area contributed by atoms with Gasteiger partial charge in [0, 0.05) is 24.8 Å². The van der Waals surface area contributed by atoms with Gasteiger partial charge in [0.1, 0.15) is 11.0 Å². The van der Waals surface area contributed by atoms with Gasteiger partial charge < -0.3 is 16.0 Å². The summed E-state index contributed by atoms with van der Waals surface area (Å²) < 4.78 is 0. The molecule has 1 aromatic rings. The Morgan fingerprint density at radius 2 is 2.26 bits per heavy atom. The van der Waals surface area contributed by atoms with E-state index in [1.54, 1.807) is 7.05 Å². The van der Waals surface area contributed by atoms with Gasteiger partial charge in [-0.3, -0.25) is 4.79 Å². The molecule has 1 aliphatic rings. The molecule has 1 atom stereocenters. The van der Waals surface area contributed by atoms with Crippen LogP contribution in [0.4, 0.5) is 5.69 Å². The summed E-state index contributed by atoms with van der Waals surface area (Å²) in [7, 11) is 1.68. The van der Waals surface area contributed by atoms with E-state index in [0.29, 0.717) is 4.99 Å². The van der Waals surface area contributed by atoms with Crippen LogP contribution in [0.3, 0.4) is 0 Å². The number of thiocarbonyl (C=S) groups is 1. The smallest absolute Gasteiger partial charge is 0.242 e. The molecule has 1 saturated heterocycles. The van der Waals surface area contributed by atoms with Crippen molar-refractivity contribution in [3.63, 3.8) is 0 Å². The largest absolute Gasteiger partial charge is 0.389 e. The molecular formula is C14H19N3OS. The Morgan fingerprint density at radius 1 is 1.53 bits per heavy atom. The third-order valence-electron chi connectivity index (χ3n) is 3.59. The Kier molecular flexibility index (Phi) is 4.04. The van der Waals surface area contributed by atoms with E-state index in [2.05, 4.69) is 10.2 Å². The van der Waals surface area contributed by atoms with Crippen LogP contribution in [0.5, 0.6) is 0 Å². The summed E-state index contributed by atoms with van der Waals surface area (Å²) >= 11 is 4.98. The number of anilines is 1. The minimum Gasteiger partial charge on any atom is -0.389 e. The Hall–Kier alpha value is -1.62. The third-order valence-corrected chi connectivity index (χ3v) is 3.83. The zero-order valence-corrected chi connectivity index (χ0v) is 12.1. The Morgan fingerprint density at radius 3 is 2.84 bits per heavy atom.